The quantitative estimate of drug-likeness (QED) is 0.496. The Hall–Kier alpha value is -0.120. The summed E-state index contributed by atoms with van der Waals surface area (Å²) in [6.45, 7) is 11.9. The highest BCUT2D eigenvalue weighted by molar-refractivity contribution is 5.14. The Balaban J connectivity index is 1.56. The summed E-state index contributed by atoms with van der Waals surface area (Å²) in [5.41, 5.74) is -0.00965. The second-order valence-electron chi connectivity index (χ2n) is 12.9. The van der Waals surface area contributed by atoms with Gasteiger partial charge < -0.3 is 15.3 Å². The van der Waals surface area contributed by atoms with Crippen molar-refractivity contribution >= 4 is 0 Å². The van der Waals surface area contributed by atoms with E-state index in [1.165, 1.54) is 38.5 Å². The summed E-state index contributed by atoms with van der Waals surface area (Å²) in [6, 6.07) is 0. The van der Waals surface area contributed by atoms with Crippen LogP contribution in [0, 0.1) is 52.3 Å². The van der Waals surface area contributed by atoms with Crippen LogP contribution in [0.2, 0.25) is 0 Å². The second kappa shape index (κ2) is 8.03. The highest BCUT2D eigenvalue weighted by Crippen LogP contribution is 2.69. The summed E-state index contributed by atoms with van der Waals surface area (Å²) < 4.78 is 0. The van der Waals surface area contributed by atoms with Gasteiger partial charge in [0.25, 0.3) is 0 Å². The summed E-state index contributed by atoms with van der Waals surface area (Å²) >= 11 is 0. The normalized spacial score (nSPS) is 48.7. The lowest BCUT2D eigenvalue weighted by Gasteiger charge is -2.64. The lowest BCUT2D eigenvalue weighted by Crippen LogP contribution is -2.65. The van der Waals surface area contributed by atoms with E-state index in [0.29, 0.717) is 29.6 Å². The van der Waals surface area contributed by atoms with Crippen LogP contribution in [0.15, 0.2) is 0 Å². The van der Waals surface area contributed by atoms with Crippen molar-refractivity contribution < 1.29 is 15.3 Å². The zero-order valence-electron chi connectivity index (χ0n) is 20.2. The molecule has 0 spiro atoms. The fourth-order valence-electron chi connectivity index (χ4n) is 9.46. The van der Waals surface area contributed by atoms with Crippen molar-refractivity contribution in [3.05, 3.63) is 0 Å². The largest absolute Gasteiger partial charge is 0.393 e. The van der Waals surface area contributed by atoms with Gasteiger partial charge in [-0.15, -0.1) is 0 Å². The molecule has 0 heterocycles. The van der Waals surface area contributed by atoms with Crippen molar-refractivity contribution in [1.82, 2.24) is 0 Å². The van der Waals surface area contributed by atoms with E-state index in [1.54, 1.807) is 0 Å². The number of aliphatic hydroxyl groups excluding tert-OH is 1. The molecule has 0 radical (unpaired) electrons. The van der Waals surface area contributed by atoms with Gasteiger partial charge in [0, 0.05) is 17.8 Å². The topological polar surface area (TPSA) is 60.7 Å². The minimum atomic E-state index is -1.61. The van der Waals surface area contributed by atoms with Crippen molar-refractivity contribution in [1.29, 1.82) is 0 Å². The summed E-state index contributed by atoms with van der Waals surface area (Å²) in [5.74, 6) is 1.90. The predicted molar refractivity (Wildman–Crippen MR) is 122 cm³/mol. The molecule has 0 aromatic rings. The third-order valence-electron chi connectivity index (χ3n) is 11.0. The molecule has 4 rings (SSSR count). The van der Waals surface area contributed by atoms with E-state index in [-0.39, 0.29) is 17.4 Å². The number of hydrogen-bond acceptors (Lipinski definition) is 3. The Labute approximate surface area is 185 Å². The Morgan fingerprint density at radius 1 is 0.900 bits per heavy atom. The predicted octanol–water partition coefficient (Wildman–Crippen LogP) is 5.76. The maximum atomic E-state index is 11.2. The van der Waals surface area contributed by atoms with Gasteiger partial charge in [0.15, 0.2) is 5.79 Å². The Bertz CT molecular complexity index is 615. The molecule has 0 amide bonds. The Morgan fingerprint density at radius 2 is 1.63 bits per heavy atom. The van der Waals surface area contributed by atoms with E-state index >= 15 is 0 Å². The molecule has 0 saturated heterocycles. The molecular weight excluding hydrogens is 372 g/mol. The number of fused-ring (bicyclic) bond motifs is 5. The van der Waals surface area contributed by atoms with E-state index in [9.17, 15) is 15.3 Å². The zero-order valence-corrected chi connectivity index (χ0v) is 20.2. The van der Waals surface area contributed by atoms with Crippen molar-refractivity contribution in [2.45, 2.75) is 117 Å². The monoisotopic (exact) mass is 420 g/mol. The highest BCUT2D eigenvalue weighted by Gasteiger charge is 2.67. The maximum absolute atomic E-state index is 11.2. The first-order valence-electron chi connectivity index (χ1n) is 13.1. The first-order valence-corrected chi connectivity index (χ1v) is 13.1. The Kier molecular flexibility index (Phi) is 6.17. The van der Waals surface area contributed by atoms with Gasteiger partial charge in [0.1, 0.15) is 0 Å². The molecule has 30 heavy (non-hydrogen) atoms. The molecule has 0 aromatic heterocycles. The lowest BCUT2D eigenvalue weighted by atomic mass is 9.42. The molecule has 174 valence electrons. The van der Waals surface area contributed by atoms with Gasteiger partial charge in [-0.05, 0) is 79.4 Å². The highest BCUT2D eigenvalue weighted by atomic mass is 16.5. The van der Waals surface area contributed by atoms with E-state index in [2.05, 4.69) is 34.6 Å². The van der Waals surface area contributed by atoms with Gasteiger partial charge in [-0.1, -0.05) is 60.3 Å². The molecule has 0 aromatic carbocycles. The molecule has 3 heteroatoms. The molecule has 4 aliphatic carbocycles. The van der Waals surface area contributed by atoms with Gasteiger partial charge in [0.2, 0.25) is 0 Å². The van der Waals surface area contributed by atoms with Crippen LogP contribution < -0.4 is 0 Å². The molecule has 4 fully saturated rings. The van der Waals surface area contributed by atoms with Gasteiger partial charge >= 0.3 is 0 Å². The average molecular weight is 421 g/mol. The molecule has 4 aliphatic rings. The molecule has 0 aliphatic heterocycles. The van der Waals surface area contributed by atoms with Crippen LogP contribution in [0.5, 0.6) is 0 Å². The SMILES string of the molecule is CC(C)CCC[C@H](C)[C@@H]1CC[C@H]2[C@H]3CC(O)(O)[C@@H]4CCCC(O)[C@@]4(C)[C@H]3CC[C@@]21C. The summed E-state index contributed by atoms with van der Waals surface area (Å²) in [4.78, 5) is 0. The third kappa shape index (κ3) is 3.50. The van der Waals surface area contributed by atoms with Crippen molar-refractivity contribution in [3.63, 3.8) is 0 Å². The third-order valence-corrected chi connectivity index (χ3v) is 11.0. The molecule has 1 unspecified atom stereocenters. The van der Waals surface area contributed by atoms with E-state index in [1.807, 2.05) is 0 Å². The van der Waals surface area contributed by atoms with Crippen molar-refractivity contribution in [3.8, 4) is 0 Å². The van der Waals surface area contributed by atoms with Crippen LogP contribution in [0.4, 0.5) is 0 Å². The Morgan fingerprint density at radius 3 is 2.33 bits per heavy atom. The van der Waals surface area contributed by atoms with Gasteiger partial charge in [0.05, 0.1) is 6.10 Å². The molecule has 4 saturated carbocycles. The summed E-state index contributed by atoms with van der Waals surface area (Å²) in [7, 11) is 0. The van der Waals surface area contributed by atoms with Crippen molar-refractivity contribution in [2.24, 2.45) is 52.3 Å². The number of hydrogen-bond donors (Lipinski definition) is 3. The molecule has 0 bridgehead atoms. The molecule has 3 N–H and O–H groups in total. The summed E-state index contributed by atoms with van der Waals surface area (Å²) in [6.07, 6.45) is 11.7. The fourth-order valence-corrected chi connectivity index (χ4v) is 9.46. The maximum Gasteiger partial charge on any atom is 0.166 e. The van der Waals surface area contributed by atoms with Crippen LogP contribution in [-0.2, 0) is 0 Å². The molecule has 9 atom stereocenters. The first kappa shape index (κ1) is 23.1. The van der Waals surface area contributed by atoms with Crippen LogP contribution in [-0.4, -0.2) is 27.2 Å². The molecule has 3 nitrogen and oxygen atoms in total. The number of aliphatic hydroxyl groups is 3. The second-order valence-corrected chi connectivity index (χ2v) is 12.9. The van der Waals surface area contributed by atoms with E-state index in [0.717, 1.165) is 43.4 Å². The zero-order chi connectivity index (χ0) is 21.9. The standard InChI is InChI=1S/C27H48O3/c1-17(2)8-6-9-18(3)20-12-13-21-19-16-27(29,30)23-10-7-11-24(28)26(23,5)22(19)14-15-25(20,21)4/h17-24,28-30H,6-16H2,1-5H3/t18-,19+,20-,21-,22-,23+,24?,25+,26-/m0/s1. The smallest absolute Gasteiger partial charge is 0.166 e. The van der Waals surface area contributed by atoms with E-state index in [4.69, 9.17) is 0 Å². The number of rotatable bonds is 5. The minimum Gasteiger partial charge on any atom is -0.393 e. The average Bonchev–Trinajstić information content (AvgIpc) is 3.00. The van der Waals surface area contributed by atoms with E-state index < -0.39 is 5.79 Å². The van der Waals surface area contributed by atoms with Gasteiger partial charge in [-0.2, -0.15) is 0 Å². The molecular formula is C27H48O3. The van der Waals surface area contributed by atoms with Crippen LogP contribution >= 0.6 is 0 Å². The fraction of sp³-hybridized carbons (Fsp3) is 1.00. The van der Waals surface area contributed by atoms with Crippen LogP contribution in [0.3, 0.4) is 0 Å². The van der Waals surface area contributed by atoms with Gasteiger partial charge in [-0.25, -0.2) is 0 Å². The van der Waals surface area contributed by atoms with Gasteiger partial charge in [-0.3, -0.25) is 0 Å². The van der Waals surface area contributed by atoms with Crippen molar-refractivity contribution in [2.75, 3.05) is 0 Å². The van der Waals surface area contributed by atoms with Crippen LogP contribution in [0.1, 0.15) is 105 Å². The first-order chi connectivity index (χ1) is 14.0. The van der Waals surface area contributed by atoms with Crippen LogP contribution in [0.25, 0.3) is 0 Å². The minimum absolute atomic E-state index is 0.175. The lowest BCUT2D eigenvalue weighted by molar-refractivity contribution is -0.312. The summed E-state index contributed by atoms with van der Waals surface area (Å²) in [5, 5.41) is 33.5.